The highest BCUT2D eigenvalue weighted by Gasteiger charge is 2.01. The predicted molar refractivity (Wildman–Crippen MR) is 43.1 cm³/mol. The van der Waals surface area contributed by atoms with Crippen LogP contribution < -0.4 is 5.32 Å². The molecule has 4 nitrogen and oxygen atoms in total. The molecule has 0 aliphatic rings. The fourth-order valence-electron chi connectivity index (χ4n) is 0.709. The quantitative estimate of drug-likeness (QED) is 0.738. The number of nitriles is 1. The zero-order chi connectivity index (χ0) is 9.68. The Morgan fingerprint density at radius 2 is 2.46 bits per heavy atom. The van der Waals surface area contributed by atoms with E-state index in [9.17, 15) is 9.18 Å². The maximum absolute atomic E-state index is 12.3. The normalized spacial score (nSPS) is 8.92. The second kappa shape index (κ2) is 4.16. The Hall–Kier alpha value is -1.96. The van der Waals surface area contributed by atoms with Gasteiger partial charge in [0.15, 0.2) is 0 Å². The van der Waals surface area contributed by atoms with Crippen molar-refractivity contribution in [2.24, 2.45) is 0 Å². The summed E-state index contributed by atoms with van der Waals surface area (Å²) in [5, 5.41) is 10.5. The lowest BCUT2D eigenvalue weighted by molar-refractivity contribution is -0.115. The number of rotatable bonds is 2. The first kappa shape index (κ1) is 9.13. The Kier molecular flexibility index (Phi) is 2.92. The minimum atomic E-state index is -0.474. The molecule has 0 spiro atoms. The van der Waals surface area contributed by atoms with Crippen LogP contribution in [-0.2, 0) is 4.79 Å². The largest absolute Gasteiger partial charge is 0.310 e. The second-order valence-electron chi connectivity index (χ2n) is 2.24. The molecule has 1 aromatic rings. The van der Waals surface area contributed by atoms with E-state index in [2.05, 4.69) is 10.3 Å². The van der Waals surface area contributed by atoms with Gasteiger partial charge in [-0.1, -0.05) is 0 Å². The van der Waals surface area contributed by atoms with E-state index in [4.69, 9.17) is 5.26 Å². The van der Waals surface area contributed by atoms with Gasteiger partial charge in [0.25, 0.3) is 0 Å². The van der Waals surface area contributed by atoms with Gasteiger partial charge in [0.2, 0.25) is 5.91 Å². The van der Waals surface area contributed by atoms with Crippen LogP contribution in [0.1, 0.15) is 6.42 Å². The molecule has 66 valence electrons. The molecule has 0 radical (unpaired) electrons. The van der Waals surface area contributed by atoms with Gasteiger partial charge < -0.3 is 5.32 Å². The summed E-state index contributed by atoms with van der Waals surface area (Å²) in [7, 11) is 0. The molecule has 13 heavy (non-hydrogen) atoms. The Morgan fingerprint density at radius 3 is 3.00 bits per heavy atom. The van der Waals surface area contributed by atoms with E-state index in [1.54, 1.807) is 6.07 Å². The van der Waals surface area contributed by atoms with Crippen LogP contribution in [0.3, 0.4) is 0 Å². The maximum atomic E-state index is 12.3. The molecule has 0 saturated heterocycles. The van der Waals surface area contributed by atoms with E-state index in [0.717, 1.165) is 6.20 Å². The standard InChI is InChI=1S/C8H6FN3O/c9-6-1-2-7(11-5-6)12-8(13)3-4-10/h1-2,5H,3H2,(H,11,12,13). The predicted octanol–water partition coefficient (Wildman–Crippen LogP) is 1.07. The molecule has 1 rings (SSSR count). The zero-order valence-corrected chi connectivity index (χ0v) is 6.62. The monoisotopic (exact) mass is 179 g/mol. The molecule has 0 aromatic carbocycles. The Bertz CT molecular complexity index is 341. The first-order valence-corrected chi connectivity index (χ1v) is 3.50. The van der Waals surface area contributed by atoms with Gasteiger partial charge in [-0.2, -0.15) is 5.26 Å². The number of amides is 1. The highest BCUT2D eigenvalue weighted by molar-refractivity contribution is 5.91. The van der Waals surface area contributed by atoms with Crippen molar-refractivity contribution in [2.75, 3.05) is 5.32 Å². The van der Waals surface area contributed by atoms with Crippen LogP contribution in [-0.4, -0.2) is 10.9 Å². The summed E-state index contributed by atoms with van der Waals surface area (Å²) in [4.78, 5) is 14.4. The lowest BCUT2D eigenvalue weighted by Gasteiger charge is -1.99. The summed E-state index contributed by atoms with van der Waals surface area (Å²) < 4.78 is 12.3. The molecular weight excluding hydrogens is 173 g/mol. The van der Waals surface area contributed by atoms with Gasteiger partial charge >= 0.3 is 0 Å². The summed E-state index contributed by atoms with van der Waals surface area (Å²) in [6, 6.07) is 4.18. The molecule has 0 fully saturated rings. The van der Waals surface area contributed by atoms with Crippen molar-refractivity contribution in [1.29, 1.82) is 5.26 Å². The average molecular weight is 179 g/mol. The van der Waals surface area contributed by atoms with Crippen LogP contribution in [0.2, 0.25) is 0 Å². The average Bonchev–Trinajstić information content (AvgIpc) is 2.09. The summed E-state index contributed by atoms with van der Waals surface area (Å²) in [5.41, 5.74) is 0. The highest BCUT2D eigenvalue weighted by atomic mass is 19.1. The summed E-state index contributed by atoms with van der Waals surface area (Å²) in [5.74, 6) is -0.693. The van der Waals surface area contributed by atoms with Crippen LogP contribution in [0.15, 0.2) is 18.3 Å². The van der Waals surface area contributed by atoms with Crippen LogP contribution in [0.4, 0.5) is 10.2 Å². The number of pyridine rings is 1. The lowest BCUT2D eigenvalue weighted by atomic mass is 10.4. The third-order valence-electron chi connectivity index (χ3n) is 1.23. The molecule has 0 atom stereocenters. The molecule has 0 bridgehead atoms. The molecule has 0 aliphatic heterocycles. The Labute approximate surface area is 74.0 Å². The zero-order valence-electron chi connectivity index (χ0n) is 6.62. The first-order chi connectivity index (χ1) is 6.22. The van der Waals surface area contributed by atoms with E-state index >= 15 is 0 Å². The van der Waals surface area contributed by atoms with E-state index in [-0.39, 0.29) is 12.2 Å². The minimum absolute atomic E-state index is 0.237. The van der Waals surface area contributed by atoms with E-state index < -0.39 is 11.7 Å². The molecule has 0 unspecified atom stereocenters. The van der Waals surface area contributed by atoms with Gasteiger partial charge in [-0.05, 0) is 12.1 Å². The van der Waals surface area contributed by atoms with Gasteiger partial charge in [0, 0.05) is 0 Å². The van der Waals surface area contributed by atoms with Crippen molar-refractivity contribution in [3.05, 3.63) is 24.1 Å². The number of halogens is 1. The van der Waals surface area contributed by atoms with Crippen LogP contribution in [0, 0.1) is 17.1 Å². The van der Waals surface area contributed by atoms with Crippen LogP contribution in [0.5, 0.6) is 0 Å². The number of carbonyl (C=O) groups excluding carboxylic acids is 1. The number of nitrogens with one attached hydrogen (secondary N) is 1. The fraction of sp³-hybridized carbons (Fsp3) is 0.125. The van der Waals surface area contributed by atoms with Gasteiger partial charge in [-0.25, -0.2) is 9.37 Å². The first-order valence-electron chi connectivity index (χ1n) is 3.50. The van der Waals surface area contributed by atoms with E-state index in [0.29, 0.717) is 0 Å². The topological polar surface area (TPSA) is 65.8 Å². The van der Waals surface area contributed by atoms with Crippen molar-refractivity contribution >= 4 is 11.7 Å². The fourth-order valence-corrected chi connectivity index (χ4v) is 0.709. The summed E-state index contributed by atoms with van der Waals surface area (Å²) >= 11 is 0. The molecule has 1 N–H and O–H groups in total. The Balaban J connectivity index is 2.60. The SMILES string of the molecule is N#CCC(=O)Nc1ccc(F)cn1. The highest BCUT2D eigenvalue weighted by Crippen LogP contribution is 2.03. The summed E-state index contributed by atoms with van der Waals surface area (Å²) in [6.45, 7) is 0. The van der Waals surface area contributed by atoms with Crippen LogP contribution in [0.25, 0.3) is 0 Å². The van der Waals surface area contributed by atoms with Crippen molar-refractivity contribution in [3.8, 4) is 6.07 Å². The lowest BCUT2D eigenvalue weighted by Crippen LogP contribution is -2.11. The molecule has 5 heteroatoms. The second-order valence-corrected chi connectivity index (χ2v) is 2.24. The smallest absolute Gasteiger partial charge is 0.239 e. The number of hydrogen-bond donors (Lipinski definition) is 1. The van der Waals surface area contributed by atoms with E-state index in [1.807, 2.05) is 0 Å². The van der Waals surface area contributed by atoms with Gasteiger partial charge in [-0.15, -0.1) is 0 Å². The number of carbonyl (C=O) groups is 1. The molecule has 1 amide bonds. The maximum Gasteiger partial charge on any atom is 0.239 e. The third-order valence-corrected chi connectivity index (χ3v) is 1.23. The molecular formula is C8H6FN3O. The Morgan fingerprint density at radius 1 is 1.69 bits per heavy atom. The molecule has 0 aliphatic carbocycles. The van der Waals surface area contributed by atoms with Gasteiger partial charge in [0.1, 0.15) is 18.1 Å². The van der Waals surface area contributed by atoms with Gasteiger partial charge in [0.05, 0.1) is 12.3 Å². The number of nitrogens with zero attached hydrogens (tertiary/aromatic N) is 2. The molecule has 0 saturated carbocycles. The van der Waals surface area contributed by atoms with Gasteiger partial charge in [-0.3, -0.25) is 4.79 Å². The van der Waals surface area contributed by atoms with E-state index in [1.165, 1.54) is 12.1 Å². The minimum Gasteiger partial charge on any atom is -0.310 e. The number of aromatic nitrogens is 1. The van der Waals surface area contributed by atoms with Crippen molar-refractivity contribution < 1.29 is 9.18 Å². The van der Waals surface area contributed by atoms with Crippen LogP contribution >= 0.6 is 0 Å². The van der Waals surface area contributed by atoms with Crippen molar-refractivity contribution in [1.82, 2.24) is 4.98 Å². The van der Waals surface area contributed by atoms with Crippen molar-refractivity contribution in [2.45, 2.75) is 6.42 Å². The third kappa shape index (κ3) is 2.87. The molecule has 1 heterocycles. The number of hydrogen-bond acceptors (Lipinski definition) is 3. The number of anilines is 1. The summed E-state index contributed by atoms with van der Waals surface area (Å²) in [6.07, 6.45) is 0.751. The molecule has 1 aromatic heterocycles. The van der Waals surface area contributed by atoms with Crippen molar-refractivity contribution in [3.63, 3.8) is 0 Å².